The predicted molar refractivity (Wildman–Crippen MR) is 73.3 cm³/mol. The van der Waals surface area contributed by atoms with E-state index in [1.807, 2.05) is 5.01 Å². The molecule has 3 rings (SSSR count). The highest BCUT2D eigenvalue weighted by Gasteiger charge is 2.51. The van der Waals surface area contributed by atoms with Gasteiger partial charge in [0.2, 0.25) is 5.91 Å². The van der Waals surface area contributed by atoms with E-state index < -0.39 is 29.6 Å². The SMILES string of the molecule is CC1(C(F)F)CCCN2CC[C@@H](c3cncc(F)c3)N2C1=O. The van der Waals surface area contributed by atoms with E-state index in [4.69, 9.17) is 0 Å². The van der Waals surface area contributed by atoms with Gasteiger partial charge in [-0.15, -0.1) is 0 Å². The van der Waals surface area contributed by atoms with Gasteiger partial charge >= 0.3 is 0 Å². The van der Waals surface area contributed by atoms with Crippen molar-refractivity contribution in [2.75, 3.05) is 13.1 Å². The molecule has 120 valence electrons. The van der Waals surface area contributed by atoms with Crippen LogP contribution in [0.3, 0.4) is 0 Å². The maximum atomic E-state index is 13.4. The molecule has 2 fully saturated rings. The standard InChI is InChI=1S/C15H18F3N3O/c1-15(13(17)18)4-2-5-20-6-3-12(21(20)14(15)22)10-7-11(16)9-19-8-10/h7-9,12-13H,2-6H2,1H3/t12-,15?/m0/s1. The summed E-state index contributed by atoms with van der Waals surface area (Å²) in [7, 11) is 0. The normalized spacial score (nSPS) is 29.8. The summed E-state index contributed by atoms with van der Waals surface area (Å²) in [4.78, 5) is 16.6. The van der Waals surface area contributed by atoms with E-state index in [1.54, 1.807) is 0 Å². The zero-order chi connectivity index (χ0) is 15.9. The van der Waals surface area contributed by atoms with Crippen molar-refractivity contribution in [2.24, 2.45) is 5.41 Å². The van der Waals surface area contributed by atoms with E-state index in [0.29, 0.717) is 31.5 Å². The number of hydrazine groups is 1. The smallest absolute Gasteiger partial charge is 0.252 e. The Morgan fingerprint density at radius 1 is 1.36 bits per heavy atom. The van der Waals surface area contributed by atoms with Crippen molar-refractivity contribution >= 4 is 5.91 Å². The summed E-state index contributed by atoms with van der Waals surface area (Å²) < 4.78 is 40.3. The third-order valence-electron chi connectivity index (χ3n) is 4.66. The number of rotatable bonds is 2. The molecule has 1 aromatic heterocycles. The van der Waals surface area contributed by atoms with Crippen molar-refractivity contribution in [3.8, 4) is 0 Å². The first-order chi connectivity index (χ1) is 10.4. The number of carbonyl (C=O) groups excluding carboxylic acids is 1. The first-order valence-electron chi connectivity index (χ1n) is 7.40. The number of halogens is 3. The Morgan fingerprint density at radius 2 is 2.14 bits per heavy atom. The van der Waals surface area contributed by atoms with Gasteiger partial charge in [0.25, 0.3) is 6.43 Å². The average Bonchev–Trinajstić information content (AvgIpc) is 2.84. The molecule has 0 bridgehead atoms. The molecule has 2 atom stereocenters. The van der Waals surface area contributed by atoms with Gasteiger partial charge in [0.05, 0.1) is 12.2 Å². The molecule has 0 saturated carbocycles. The van der Waals surface area contributed by atoms with Gasteiger partial charge in [-0.1, -0.05) is 0 Å². The number of hydrogen-bond donors (Lipinski definition) is 0. The lowest BCUT2D eigenvalue weighted by molar-refractivity contribution is -0.164. The number of amides is 1. The number of alkyl halides is 2. The van der Waals surface area contributed by atoms with Gasteiger partial charge in [-0.25, -0.2) is 18.2 Å². The molecule has 0 aromatic carbocycles. The number of pyridine rings is 1. The van der Waals surface area contributed by atoms with Gasteiger partial charge < -0.3 is 0 Å². The Labute approximate surface area is 126 Å². The summed E-state index contributed by atoms with van der Waals surface area (Å²) in [6.07, 6.45) is 1.16. The first-order valence-corrected chi connectivity index (χ1v) is 7.40. The third-order valence-corrected chi connectivity index (χ3v) is 4.66. The molecular formula is C15H18F3N3O. The molecule has 2 saturated heterocycles. The van der Waals surface area contributed by atoms with Gasteiger partial charge in [0, 0.05) is 19.3 Å². The highest BCUT2D eigenvalue weighted by Crippen LogP contribution is 2.42. The van der Waals surface area contributed by atoms with Crippen molar-refractivity contribution in [3.63, 3.8) is 0 Å². The number of nitrogens with zero attached hydrogens (tertiary/aromatic N) is 3. The molecule has 1 unspecified atom stereocenters. The van der Waals surface area contributed by atoms with E-state index in [9.17, 15) is 18.0 Å². The van der Waals surface area contributed by atoms with Crippen molar-refractivity contribution in [1.82, 2.24) is 15.0 Å². The third kappa shape index (κ3) is 2.37. The van der Waals surface area contributed by atoms with Crippen LogP contribution in [0.25, 0.3) is 0 Å². The van der Waals surface area contributed by atoms with Crippen molar-refractivity contribution in [1.29, 1.82) is 0 Å². The number of fused-ring (bicyclic) bond motifs is 1. The monoisotopic (exact) mass is 313 g/mol. The Balaban J connectivity index is 1.97. The highest BCUT2D eigenvalue weighted by molar-refractivity contribution is 5.83. The van der Waals surface area contributed by atoms with Crippen LogP contribution in [-0.2, 0) is 4.79 Å². The van der Waals surface area contributed by atoms with E-state index in [2.05, 4.69) is 4.98 Å². The van der Waals surface area contributed by atoms with Crippen molar-refractivity contribution < 1.29 is 18.0 Å². The van der Waals surface area contributed by atoms with Crippen LogP contribution >= 0.6 is 0 Å². The van der Waals surface area contributed by atoms with Crippen LogP contribution in [0, 0.1) is 11.2 Å². The number of carbonyl (C=O) groups is 1. The molecule has 2 aliphatic rings. The second-order valence-electron chi connectivity index (χ2n) is 6.17. The average molecular weight is 313 g/mol. The summed E-state index contributed by atoms with van der Waals surface area (Å²) in [5, 5.41) is 3.22. The fourth-order valence-corrected chi connectivity index (χ4v) is 3.31. The number of hydrogen-bond acceptors (Lipinski definition) is 3. The molecular weight excluding hydrogens is 295 g/mol. The minimum absolute atomic E-state index is 0.157. The maximum absolute atomic E-state index is 13.4. The van der Waals surface area contributed by atoms with Crippen LogP contribution < -0.4 is 0 Å². The minimum Gasteiger partial charge on any atom is -0.273 e. The van der Waals surface area contributed by atoms with Gasteiger partial charge in [-0.2, -0.15) is 0 Å². The topological polar surface area (TPSA) is 36.4 Å². The summed E-state index contributed by atoms with van der Waals surface area (Å²) in [5.74, 6) is -1.07. The molecule has 3 heterocycles. The van der Waals surface area contributed by atoms with E-state index >= 15 is 0 Å². The molecule has 0 radical (unpaired) electrons. The quantitative estimate of drug-likeness (QED) is 0.842. The van der Waals surface area contributed by atoms with Gasteiger partial charge in [-0.3, -0.25) is 14.8 Å². The molecule has 0 spiro atoms. The molecule has 0 aliphatic carbocycles. The van der Waals surface area contributed by atoms with Crippen molar-refractivity contribution in [2.45, 2.75) is 38.7 Å². The zero-order valence-corrected chi connectivity index (χ0v) is 12.3. The van der Waals surface area contributed by atoms with Crippen LogP contribution in [0.1, 0.15) is 37.8 Å². The second-order valence-corrected chi connectivity index (χ2v) is 6.17. The van der Waals surface area contributed by atoms with Crippen LogP contribution in [0.4, 0.5) is 13.2 Å². The van der Waals surface area contributed by atoms with Crippen molar-refractivity contribution in [3.05, 3.63) is 29.8 Å². The largest absolute Gasteiger partial charge is 0.273 e. The Hall–Kier alpha value is -1.63. The van der Waals surface area contributed by atoms with E-state index in [-0.39, 0.29) is 6.42 Å². The lowest BCUT2D eigenvalue weighted by atomic mass is 9.84. The molecule has 4 nitrogen and oxygen atoms in total. The molecule has 1 aromatic rings. The molecule has 1 amide bonds. The lowest BCUT2D eigenvalue weighted by Gasteiger charge is -2.35. The Kier molecular flexibility index (Phi) is 3.84. The second kappa shape index (κ2) is 5.53. The van der Waals surface area contributed by atoms with Gasteiger partial charge in [-0.05, 0) is 37.8 Å². The van der Waals surface area contributed by atoms with Gasteiger partial charge in [0.1, 0.15) is 11.2 Å². The van der Waals surface area contributed by atoms with Crippen LogP contribution in [0.5, 0.6) is 0 Å². The first kappa shape index (κ1) is 15.3. The Bertz CT molecular complexity index is 583. The van der Waals surface area contributed by atoms with E-state index in [1.165, 1.54) is 24.2 Å². The summed E-state index contributed by atoms with van der Waals surface area (Å²) >= 11 is 0. The Morgan fingerprint density at radius 3 is 2.82 bits per heavy atom. The highest BCUT2D eigenvalue weighted by atomic mass is 19.3. The fraction of sp³-hybridized carbons (Fsp3) is 0.600. The van der Waals surface area contributed by atoms with Gasteiger partial charge in [0.15, 0.2) is 0 Å². The summed E-state index contributed by atoms with van der Waals surface area (Å²) in [6, 6.07) is 0.894. The number of aromatic nitrogens is 1. The van der Waals surface area contributed by atoms with E-state index in [0.717, 1.165) is 6.20 Å². The predicted octanol–water partition coefficient (Wildman–Crippen LogP) is 2.78. The molecule has 22 heavy (non-hydrogen) atoms. The van der Waals surface area contributed by atoms with Crippen LogP contribution in [0.2, 0.25) is 0 Å². The lowest BCUT2D eigenvalue weighted by Crippen LogP contribution is -2.49. The summed E-state index contributed by atoms with van der Waals surface area (Å²) in [6.45, 7) is 2.49. The maximum Gasteiger partial charge on any atom is 0.252 e. The van der Waals surface area contributed by atoms with Crippen LogP contribution in [-0.4, -0.2) is 40.4 Å². The van der Waals surface area contributed by atoms with Crippen LogP contribution in [0.15, 0.2) is 18.5 Å². The minimum atomic E-state index is -2.72. The molecule has 2 aliphatic heterocycles. The molecule has 0 N–H and O–H groups in total. The molecule has 7 heteroatoms. The summed E-state index contributed by atoms with van der Waals surface area (Å²) in [5.41, 5.74) is -1.13. The fourth-order valence-electron chi connectivity index (χ4n) is 3.31. The zero-order valence-electron chi connectivity index (χ0n) is 12.3.